The Kier molecular flexibility index (Phi) is 3.79. The lowest BCUT2D eigenvalue weighted by molar-refractivity contribution is 0.0769. The summed E-state index contributed by atoms with van der Waals surface area (Å²) in [6.45, 7) is 6.80. The minimum atomic E-state index is -0.0477. The van der Waals surface area contributed by atoms with Crippen molar-refractivity contribution in [2.75, 3.05) is 13.1 Å². The SMILES string of the molecule is Cc1ccc(O[C@@H]2CCN(C(=O)c3c(C)n[nH]c3C)C2)nn1. The van der Waals surface area contributed by atoms with Crippen LogP contribution in [-0.4, -0.2) is 50.4 Å². The van der Waals surface area contributed by atoms with E-state index in [0.717, 1.165) is 23.5 Å². The highest BCUT2D eigenvalue weighted by molar-refractivity contribution is 5.96. The molecule has 3 rings (SSSR count). The minimum Gasteiger partial charge on any atom is -0.471 e. The topological polar surface area (TPSA) is 84.0 Å². The van der Waals surface area contributed by atoms with Crippen molar-refractivity contribution in [3.63, 3.8) is 0 Å². The highest BCUT2D eigenvalue weighted by Crippen LogP contribution is 2.20. The van der Waals surface area contributed by atoms with E-state index < -0.39 is 0 Å². The molecule has 3 heterocycles. The summed E-state index contributed by atoms with van der Waals surface area (Å²) in [7, 11) is 0. The van der Waals surface area contributed by atoms with Crippen molar-refractivity contribution < 1.29 is 9.53 Å². The van der Waals surface area contributed by atoms with Gasteiger partial charge in [0, 0.05) is 24.7 Å². The lowest BCUT2D eigenvalue weighted by Gasteiger charge is -2.17. The third kappa shape index (κ3) is 2.79. The number of hydrogen-bond acceptors (Lipinski definition) is 5. The van der Waals surface area contributed by atoms with Gasteiger partial charge in [0.1, 0.15) is 6.10 Å². The molecule has 7 heteroatoms. The molecule has 1 atom stereocenters. The number of amides is 1. The van der Waals surface area contributed by atoms with E-state index in [-0.39, 0.29) is 12.0 Å². The second-order valence-electron chi connectivity index (χ2n) is 5.60. The third-order valence-electron chi connectivity index (χ3n) is 3.84. The summed E-state index contributed by atoms with van der Waals surface area (Å²) in [5, 5.41) is 14.9. The predicted molar refractivity (Wildman–Crippen MR) is 79.8 cm³/mol. The fraction of sp³-hybridized carbons (Fsp3) is 0.467. The highest BCUT2D eigenvalue weighted by atomic mass is 16.5. The lowest BCUT2D eigenvalue weighted by Crippen LogP contribution is -2.31. The maximum absolute atomic E-state index is 12.6. The lowest BCUT2D eigenvalue weighted by atomic mass is 10.2. The first-order valence-electron chi connectivity index (χ1n) is 7.32. The fourth-order valence-electron chi connectivity index (χ4n) is 2.65. The summed E-state index contributed by atoms with van der Waals surface area (Å²) in [6, 6.07) is 3.66. The van der Waals surface area contributed by atoms with Gasteiger partial charge in [-0.1, -0.05) is 0 Å². The van der Waals surface area contributed by atoms with Gasteiger partial charge in [-0.05, 0) is 26.8 Å². The van der Waals surface area contributed by atoms with Crippen molar-refractivity contribution >= 4 is 5.91 Å². The van der Waals surface area contributed by atoms with Gasteiger partial charge in [0.05, 0.1) is 23.5 Å². The molecule has 116 valence electrons. The number of nitrogens with zero attached hydrogens (tertiary/aromatic N) is 4. The van der Waals surface area contributed by atoms with Gasteiger partial charge in [-0.3, -0.25) is 9.89 Å². The van der Waals surface area contributed by atoms with Gasteiger partial charge in [-0.2, -0.15) is 10.2 Å². The number of carbonyl (C=O) groups is 1. The van der Waals surface area contributed by atoms with Crippen molar-refractivity contribution in [1.29, 1.82) is 0 Å². The van der Waals surface area contributed by atoms with Crippen LogP contribution < -0.4 is 4.74 Å². The molecule has 1 aliphatic rings. The number of likely N-dealkylation sites (tertiary alicyclic amines) is 1. The molecule has 1 amide bonds. The van der Waals surface area contributed by atoms with Crippen molar-refractivity contribution in [2.24, 2.45) is 0 Å². The van der Waals surface area contributed by atoms with E-state index in [1.807, 2.05) is 26.8 Å². The summed E-state index contributed by atoms with van der Waals surface area (Å²) in [4.78, 5) is 14.4. The summed E-state index contributed by atoms with van der Waals surface area (Å²) in [5.74, 6) is 0.505. The summed E-state index contributed by atoms with van der Waals surface area (Å²) in [6.07, 6.45) is 0.741. The van der Waals surface area contributed by atoms with E-state index in [2.05, 4.69) is 20.4 Å². The molecule has 1 fully saturated rings. The number of hydrogen-bond donors (Lipinski definition) is 1. The van der Waals surface area contributed by atoms with E-state index in [1.165, 1.54) is 0 Å². The molecule has 0 spiro atoms. The molecule has 1 aliphatic heterocycles. The number of aromatic amines is 1. The van der Waals surface area contributed by atoms with Gasteiger partial charge >= 0.3 is 0 Å². The van der Waals surface area contributed by atoms with Crippen LogP contribution >= 0.6 is 0 Å². The van der Waals surface area contributed by atoms with Gasteiger partial charge in [0.15, 0.2) is 0 Å². The molecule has 0 bridgehead atoms. The summed E-state index contributed by atoms with van der Waals surface area (Å²) in [5.41, 5.74) is 3.05. The Balaban J connectivity index is 1.65. The molecule has 0 radical (unpaired) electrons. The van der Waals surface area contributed by atoms with E-state index in [4.69, 9.17) is 4.74 Å². The molecule has 1 N–H and O–H groups in total. The van der Waals surface area contributed by atoms with Crippen LogP contribution in [0.3, 0.4) is 0 Å². The second-order valence-corrected chi connectivity index (χ2v) is 5.60. The number of aromatic nitrogens is 4. The Morgan fingerprint density at radius 2 is 2.14 bits per heavy atom. The number of rotatable bonds is 3. The molecule has 0 saturated carbocycles. The zero-order chi connectivity index (χ0) is 15.7. The first-order chi connectivity index (χ1) is 10.5. The Hall–Kier alpha value is -2.44. The van der Waals surface area contributed by atoms with Gasteiger partial charge in [-0.15, -0.1) is 5.10 Å². The zero-order valence-corrected chi connectivity index (χ0v) is 13.0. The standard InChI is InChI=1S/C15H19N5O2/c1-9-4-5-13(19-16-9)22-12-6-7-20(8-12)15(21)14-10(2)17-18-11(14)3/h4-5,12H,6-8H2,1-3H3,(H,17,18)/t12-/m1/s1. The molecule has 0 aliphatic carbocycles. The second kappa shape index (κ2) is 5.75. The van der Waals surface area contributed by atoms with E-state index >= 15 is 0 Å². The van der Waals surface area contributed by atoms with E-state index in [1.54, 1.807) is 11.0 Å². The average molecular weight is 301 g/mol. The molecule has 1 saturated heterocycles. The Bertz CT molecular complexity index is 660. The molecule has 7 nitrogen and oxygen atoms in total. The van der Waals surface area contributed by atoms with Crippen LogP contribution in [0.5, 0.6) is 5.88 Å². The molecule has 0 unspecified atom stereocenters. The number of carbonyl (C=O) groups excluding carboxylic acids is 1. The van der Waals surface area contributed by atoms with Crippen LogP contribution in [0.25, 0.3) is 0 Å². The Morgan fingerprint density at radius 1 is 1.32 bits per heavy atom. The minimum absolute atomic E-state index is 0.00448. The van der Waals surface area contributed by atoms with Crippen molar-refractivity contribution in [3.8, 4) is 5.88 Å². The molecular weight excluding hydrogens is 282 g/mol. The summed E-state index contributed by atoms with van der Waals surface area (Å²) < 4.78 is 5.80. The van der Waals surface area contributed by atoms with E-state index in [9.17, 15) is 4.79 Å². The Morgan fingerprint density at radius 3 is 2.77 bits per heavy atom. The maximum Gasteiger partial charge on any atom is 0.257 e. The van der Waals surface area contributed by atoms with Crippen LogP contribution in [0.4, 0.5) is 0 Å². The van der Waals surface area contributed by atoms with Crippen LogP contribution in [0.15, 0.2) is 12.1 Å². The molecule has 2 aromatic heterocycles. The van der Waals surface area contributed by atoms with Crippen molar-refractivity contribution in [2.45, 2.75) is 33.3 Å². The van der Waals surface area contributed by atoms with Crippen LogP contribution in [0.1, 0.15) is 33.9 Å². The fourth-order valence-corrected chi connectivity index (χ4v) is 2.65. The molecule has 0 aromatic carbocycles. The monoisotopic (exact) mass is 301 g/mol. The molecule has 2 aromatic rings. The number of ether oxygens (including phenoxy) is 1. The predicted octanol–water partition coefficient (Wildman–Crippen LogP) is 1.42. The van der Waals surface area contributed by atoms with Gasteiger partial charge in [-0.25, -0.2) is 0 Å². The number of aryl methyl sites for hydroxylation is 3. The smallest absolute Gasteiger partial charge is 0.257 e. The van der Waals surface area contributed by atoms with Crippen LogP contribution in [0, 0.1) is 20.8 Å². The third-order valence-corrected chi connectivity index (χ3v) is 3.84. The summed E-state index contributed by atoms with van der Waals surface area (Å²) >= 11 is 0. The molecular formula is C15H19N5O2. The van der Waals surface area contributed by atoms with Gasteiger partial charge < -0.3 is 9.64 Å². The average Bonchev–Trinajstić information content (AvgIpc) is 3.08. The van der Waals surface area contributed by atoms with Gasteiger partial charge in [0.2, 0.25) is 5.88 Å². The van der Waals surface area contributed by atoms with Crippen LogP contribution in [0.2, 0.25) is 0 Å². The number of nitrogens with one attached hydrogen (secondary N) is 1. The Labute approximate surface area is 128 Å². The first-order valence-corrected chi connectivity index (χ1v) is 7.32. The maximum atomic E-state index is 12.6. The quantitative estimate of drug-likeness (QED) is 0.927. The van der Waals surface area contributed by atoms with Crippen LogP contribution in [-0.2, 0) is 0 Å². The zero-order valence-electron chi connectivity index (χ0n) is 13.0. The van der Waals surface area contributed by atoms with Crippen molar-refractivity contribution in [3.05, 3.63) is 34.8 Å². The molecule has 22 heavy (non-hydrogen) atoms. The normalized spacial score (nSPS) is 17.8. The van der Waals surface area contributed by atoms with Crippen molar-refractivity contribution in [1.82, 2.24) is 25.3 Å². The van der Waals surface area contributed by atoms with Gasteiger partial charge in [0.25, 0.3) is 5.91 Å². The highest BCUT2D eigenvalue weighted by Gasteiger charge is 2.30. The number of H-pyrrole nitrogens is 1. The largest absolute Gasteiger partial charge is 0.471 e. The van der Waals surface area contributed by atoms with E-state index in [0.29, 0.717) is 24.5 Å². The first kappa shape index (κ1) is 14.5.